The van der Waals surface area contributed by atoms with E-state index in [-0.39, 0.29) is 0 Å². The Hall–Kier alpha value is -7.01. The van der Waals surface area contributed by atoms with Crippen molar-refractivity contribution in [1.29, 1.82) is 0 Å². The highest BCUT2D eigenvalue weighted by molar-refractivity contribution is 7.26. The summed E-state index contributed by atoms with van der Waals surface area (Å²) in [7, 11) is 0. The molecule has 10 aromatic rings. The number of aromatic nitrogens is 3. The third-order valence-electron chi connectivity index (χ3n) is 11.2. The van der Waals surface area contributed by atoms with Crippen LogP contribution in [0.4, 0.5) is 0 Å². The molecule has 0 unspecified atom stereocenters. The number of fused-ring (bicyclic) bond motifs is 6. The van der Waals surface area contributed by atoms with E-state index in [0.29, 0.717) is 17.5 Å². The van der Waals surface area contributed by atoms with Gasteiger partial charge in [0.25, 0.3) is 0 Å². The fourth-order valence-electron chi connectivity index (χ4n) is 8.77. The summed E-state index contributed by atoms with van der Waals surface area (Å²) in [5, 5.41) is 2.53. The SMILES string of the molecule is c1ccc(-c2nc(-c3ccccc3)nc(-c3cccc(-c4cccc5sc6cc(C7(c8ccccc8)c8ccccc8-c8ccccc87)ccc6c45)c3)n2)cc1. The minimum atomic E-state index is -0.433. The first-order valence-electron chi connectivity index (χ1n) is 18.9. The fraction of sp³-hybridized carbons (Fsp3) is 0.0192. The van der Waals surface area contributed by atoms with E-state index in [9.17, 15) is 0 Å². The summed E-state index contributed by atoms with van der Waals surface area (Å²) in [6.07, 6.45) is 0. The molecule has 1 aliphatic carbocycles. The zero-order valence-electron chi connectivity index (χ0n) is 30.3. The van der Waals surface area contributed by atoms with Crippen molar-refractivity contribution < 1.29 is 0 Å². The molecule has 0 amide bonds. The Bertz CT molecular complexity index is 2980. The van der Waals surface area contributed by atoms with Crippen molar-refractivity contribution in [3.63, 3.8) is 0 Å². The van der Waals surface area contributed by atoms with Gasteiger partial charge in [-0.1, -0.05) is 182 Å². The standard InChI is InChI=1S/C52H33N3S/c1-4-16-34(17-5-1)49-53-50(35-18-6-2-7-19-35)55-51(54-49)37-21-14-20-36(32-37)40-26-15-29-46-48(40)43-31-30-39(33-47(43)56-46)52(38-22-8-3-9-23-38)44-27-12-10-24-41(44)42-25-11-13-28-45(42)52/h1-33H. The highest BCUT2D eigenvalue weighted by Gasteiger charge is 2.46. The zero-order valence-corrected chi connectivity index (χ0v) is 31.1. The van der Waals surface area contributed by atoms with Gasteiger partial charge in [-0.15, -0.1) is 11.3 Å². The molecule has 262 valence electrons. The third kappa shape index (κ3) is 5.07. The quantitative estimate of drug-likeness (QED) is 0.171. The van der Waals surface area contributed by atoms with E-state index in [1.807, 2.05) is 72.0 Å². The number of thiophene rings is 1. The first-order chi connectivity index (χ1) is 27.8. The largest absolute Gasteiger partial charge is 0.208 e. The van der Waals surface area contributed by atoms with Crippen LogP contribution in [0.5, 0.6) is 0 Å². The summed E-state index contributed by atoms with van der Waals surface area (Å²) in [5.41, 5.74) is 12.6. The molecule has 8 aromatic carbocycles. The molecule has 0 bridgehead atoms. The third-order valence-corrected chi connectivity index (χ3v) is 12.3. The molecule has 0 spiro atoms. The predicted molar refractivity (Wildman–Crippen MR) is 232 cm³/mol. The molecule has 0 saturated heterocycles. The topological polar surface area (TPSA) is 38.7 Å². The lowest BCUT2D eigenvalue weighted by Gasteiger charge is -2.33. The summed E-state index contributed by atoms with van der Waals surface area (Å²) in [5.74, 6) is 1.96. The number of hydrogen-bond acceptors (Lipinski definition) is 4. The second kappa shape index (κ2) is 13.1. The van der Waals surface area contributed by atoms with Crippen LogP contribution in [0.1, 0.15) is 22.3 Å². The lowest BCUT2D eigenvalue weighted by atomic mass is 9.67. The summed E-state index contributed by atoms with van der Waals surface area (Å²) >= 11 is 1.87. The van der Waals surface area contributed by atoms with Crippen molar-refractivity contribution in [2.45, 2.75) is 5.41 Å². The molecule has 0 saturated carbocycles. The molecule has 0 atom stereocenters. The van der Waals surface area contributed by atoms with E-state index in [1.165, 1.54) is 59.1 Å². The van der Waals surface area contributed by atoms with E-state index < -0.39 is 5.41 Å². The van der Waals surface area contributed by atoms with Crippen molar-refractivity contribution in [3.05, 3.63) is 222 Å². The molecule has 0 aliphatic heterocycles. The van der Waals surface area contributed by atoms with Crippen LogP contribution >= 0.6 is 11.3 Å². The van der Waals surface area contributed by atoms with Gasteiger partial charge in [-0.2, -0.15) is 0 Å². The monoisotopic (exact) mass is 731 g/mol. The second-order valence-corrected chi connectivity index (χ2v) is 15.4. The highest BCUT2D eigenvalue weighted by Crippen LogP contribution is 2.56. The molecule has 0 radical (unpaired) electrons. The Morgan fingerprint density at radius 2 is 0.839 bits per heavy atom. The Kier molecular flexibility index (Phi) is 7.58. The molecule has 11 rings (SSSR count). The van der Waals surface area contributed by atoms with Crippen molar-refractivity contribution in [3.8, 4) is 56.4 Å². The smallest absolute Gasteiger partial charge is 0.164 e. The molecule has 0 N–H and O–H groups in total. The zero-order chi connectivity index (χ0) is 37.1. The van der Waals surface area contributed by atoms with Crippen LogP contribution in [0.3, 0.4) is 0 Å². The Morgan fingerprint density at radius 3 is 1.48 bits per heavy atom. The molecule has 4 heteroatoms. The van der Waals surface area contributed by atoms with Gasteiger partial charge in [-0.25, -0.2) is 15.0 Å². The first-order valence-corrected chi connectivity index (χ1v) is 19.8. The molecule has 56 heavy (non-hydrogen) atoms. The lowest BCUT2D eigenvalue weighted by molar-refractivity contribution is 0.770. The van der Waals surface area contributed by atoms with Crippen LogP contribution in [0, 0.1) is 0 Å². The number of hydrogen-bond donors (Lipinski definition) is 0. The molecule has 1 aliphatic rings. The molecular formula is C52H33N3S. The average molecular weight is 732 g/mol. The van der Waals surface area contributed by atoms with Crippen LogP contribution in [0.2, 0.25) is 0 Å². The summed E-state index contributed by atoms with van der Waals surface area (Å²) in [6, 6.07) is 71.7. The van der Waals surface area contributed by atoms with E-state index in [2.05, 4.69) is 140 Å². The van der Waals surface area contributed by atoms with Gasteiger partial charge in [0.1, 0.15) is 0 Å². The van der Waals surface area contributed by atoms with Gasteiger partial charge in [-0.3, -0.25) is 0 Å². The minimum Gasteiger partial charge on any atom is -0.208 e. The van der Waals surface area contributed by atoms with Gasteiger partial charge in [0.15, 0.2) is 17.5 Å². The van der Waals surface area contributed by atoms with Gasteiger partial charge in [-0.05, 0) is 62.7 Å². The van der Waals surface area contributed by atoms with Crippen molar-refractivity contribution in [2.75, 3.05) is 0 Å². The van der Waals surface area contributed by atoms with E-state index in [1.54, 1.807) is 0 Å². The maximum Gasteiger partial charge on any atom is 0.164 e. The molecular weight excluding hydrogens is 699 g/mol. The summed E-state index contributed by atoms with van der Waals surface area (Å²) < 4.78 is 2.54. The maximum absolute atomic E-state index is 5.03. The van der Waals surface area contributed by atoms with Gasteiger partial charge in [0, 0.05) is 36.9 Å². The van der Waals surface area contributed by atoms with E-state index >= 15 is 0 Å². The Labute approximate surface area is 329 Å². The second-order valence-electron chi connectivity index (χ2n) is 14.3. The summed E-state index contributed by atoms with van der Waals surface area (Å²) in [4.78, 5) is 15.0. The van der Waals surface area contributed by atoms with Crippen LogP contribution in [-0.4, -0.2) is 15.0 Å². The average Bonchev–Trinajstić information content (AvgIpc) is 3.81. The highest BCUT2D eigenvalue weighted by atomic mass is 32.1. The molecule has 2 aromatic heterocycles. The number of nitrogens with zero attached hydrogens (tertiary/aromatic N) is 3. The molecule has 3 nitrogen and oxygen atoms in total. The maximum atomic E-state index is 5.03. The van der Waals surface area contributed by atoms with Crippen LogP contribution in [0.15, 0.2) is 200 Å². The fourth-order valence-corrected chi connectivity index (χ4v) is 9.95. The lowest BCUT2D eigenvalue weighted by Crippen LogP contribution is -2.28. The van der Waals surface area contributed by atoms with Crippen LogP contribution < -0.4 is 0 Å². The van der Waals surface area contributed by atoms with Gasteiger partial charge in [0.05, 0.1) is 5.41 Å². The molecule has 0 fully saturated rings. The number of rotatable bonds is 6. The Balaban J connectivity index is 1.07. The van der Waals surface area contributed by atoms with Gasteiger partial charge in [0.2, 0.25) is 0 Å². The van der Waals surface area contributed by atoms with Crippen molar-refractivity contribution >= 4 is 31.5 Å². The van der Waals surface area contributed by atoms with Crippen molar-refractivity contribution in [2.24, 2.45) is 0 Å². The number of benzene rings is 8. The van der Waals surface area contributed by atoms with E-state index in [4.69, 9.17) is 15.0 Å². The molecule has 2 heterocycles. The van der Waals surface area contributed by atoms with Crippen LogP contribution in [0.25, 0.3) is 76.6 Å². The normalized spacial score (nSPS) is 12.8. The van der Waals surface area contributed by atoms with E-state index in [0.717, 1.165) is 22.3 Å². The van der Waals surface area contributed by atoms with Gasteiger partial charge >= 0.3 is 0 Å². The van der Waals surface area contributed by atoms with Gasteiger partial charge < -0.3 is 0 Å². The summed E-state index contributed by atoms with van der Waals surface area (Å²) in [6.45, 7) is 0. The first kappa shape index (κ1) is 32.4. The predicted octanol–water partition coefficient (Wildman–Crippen LogP) is 13.3. The van der Waals surface area contributed by atoms with Crippen LogP contribution in [-0.2, 0) is 5.41 Å². The minimum absolute atomic E-state index is 0.433. The Morgan fingerprint density at radius 1 is 0.339 bits per heavy atom. The van der Waals surface area contributed by atoms with Crippen molar-refractivity contribution in [1.82, 2.24) is 15.0 Å².